The summed E-state index contributed by atoms with van der Waals surface area (Å²) in [5.74, 6) is 0. The number of benzene rings is 1. The van der Waals surface area contributed by atoms with Gasteiger partial charge < -0.3 is 4.42 Å². The van der Waals surface area contributed by atoms with Crippen LogP contribution in [0.1, 0.15) is 26.3 Å². The molecule has 16 heavy (non-hydrogen) atoms. The lowest BCUT2D eigenvalue weighted by Crippen LogP contribution is -2.11. The molecule has 0 amide bonds. The first-order chi connectivity index (χ1) is 7.39. The van der Waals surface area contributed by atoms with Crippen LogP contribution < -0.4 is 0 Å². The Kier molecular flexibility index (Phi) is 2.18. The highest BCUT2D eigenvalue weighted by atomic mass is 16.6. The van der Waals surface area contributed by atoms with Crippen LogP contribution in [0.2, 0.25) is 0 Å². The summed E-state index contributed by atoms with van der Waals surface area (Å²) in [5.41, 5.74) is 1.45. The Morgan fingerprint density at radius 1 is 1.38 bits per heavy atom. The van der Waals surface area contributed by atoms with Gasteiger partial charge in [0.15, 0.2) is 6.39 Å². The maximum Gasteiger partial charge on any atom is 0.314 e. The summed E-state index contributed by atoms with van der Waals surface area (Å²) < 4.78 is 5.03. The minimum atomic E-state index is -0.442. The van der Waals surface area contributed by atoms with Gasteiger partial charge in [0.05, 0.1) is 4.92 Å². The molecule has 0 fully saturated rings. The molecule has 0 aliphatic heterocycles. The van der Waals surface area contributed by atoms with Gasteiger partial charge in [-0.1, -0.05) is 20.8 Å². The number of rotatable bonds is 1. The predicted octanol–water partition coefficient (Wildman–Crippen LogP) is 3.03. The van der Waals surface area contributed by atoms with Crippen LogP contribution in [-0.4, -0.2) is 9.91 Å². The van der Waals surface area contributed by atoms with E-state index in [2.05, 4.69) is 4.98 Å². The minimum absolute atomic E-state index is 0.0278. The van der Waals surface area contributed by atoms with Gasteiger partial charge in [-0.3, -0.25) is 10.1 Å². The number of nitrogens with zero attached hydrogens (tertiary/aromatic N) is 2. The Morgan fingerprint density at radius 3 is 2.62 bits per heavy atom. The first-order valence-electron chi connectivity index (χ1n) is 4.92. The van der Waals surface area contributed by atoms with Gasteiger partial charge in [-0.05, 0) is 17.0 Å². The van der Waals surface area contributed by atoms with Gasteiger partial charge in [0.1, 0.15) is 5.52 Å². The summed E-state index contributed by atoms with van der Waals surface area (Å²) in [6.45, 7) is 5.99. The Bertz CT molecular complexity index is 552. The van der Waals surface area contributed by atoms with Crippen molar-refractivity contribution in [2.45, 2.75) is 26.2 Å². The van der Waals surface area contributed by atoms with E-state index in [9.17, 15) is 10.1 Å². The van der Waals surface area contributed by atoms with E-state index in [1.807, 2.05) is 26.8 Å². The molecule has 0 unspecified atom stereocenters. The number of aromatic nitrogens is 1. The lowest BCUT2D eigenvalue weighted by Gasteiger charge is -2.18. The van der Waals surface area contributed by atoms with E-state index in [1.165, 1.54) is 6.39 Å². The zero-order valence-electron chi connectivity index (χ0n) is 9.35. The Morgan fingerprint density at radius 2 is 2.06 bits per heavy atom. The molecule has 0 spiro atoms. The third kappa shape index (κ3) is 1.64. The summed E-state index contributed by atoms with van der Waals surface area (Å²) in [4.78, 5) is 14.4. The third-order valence-corrected chi connectivity index (χ3v) is 2.47. The first kappa shape index (κ1) is 10.6. The summed E-state index contributed by atoms with van der Waals surface area (Å²) in [6, 6.07) is 3.37. The number of hydrogen-bond donors (Lipinski definition) is 0. The molecule has 0 atom stereocenters. The maximum atomic E-state index is 10.9. The van der Waals surface area contributed by atoms with Crippen LogP contribution in [0.3, 0.4) is 0 Å². The Labute approximate surface area is 92.2 Å². The van der Waals surface area contributed by atoms with E-state index in [-0.39, 0.29) is 16.7 Å². The fourth-order valence-electron chi connectivity index (χ4n) is 1.52. The average molecular weight is 220 g/mol. The SMILES string of the molecule is CC(C)(C)c1cc([N+](=O)[O-])c2ocnc2c1. The summed E-state index contributed by atoms with van der Waals surface area (Å²) in [7, 11) is 0. The predicted molar refractivity (Wildman–Crippen MR) is 59.4 cm³/mol. The smallest absolute Gasteiger partial charge is 0.314 e. The second-order valence-electron chi connectivity index (χ2n) is 4.70. The van der Waals surface area contributed by atoms with Crippen molar-refractivity contribution in [3.05, 3.63) is 34.2 Å². The van der Waals surface area contributed by atoms with Crippen molar-refractivity contribution < 1.29 is 9.34 Å². The van der Waals surface area contributed by atoms with E-state index in [4.69, 9.17) is 4.42 Å². The highest BCUT2D eigenvalue weighted by Gasteiger charge is 2.23. The molecule has 5 nitrogen and oxygen atoms in total. The van der Waals surface area contributed by atoms with Gasteiger partial charge in [0.25, 0.3) is 0 Å². The lowest BCUT2D eigenvalue weighted by atomic mass is 9.86. The number of nitro benzene ring substituents is 1. The molecule has 0 bridgehead atoms. The van der Waals surface area contributed by atoms with Crippen LogP contribution in [0.15, 0.2) is 22.9 Å². The highest BCUT2D eigenvalue weighted by Crippen LogP contribution is 2.32. The quantitative estimate of drug-likeness (QED) is 0.547. The zero-order chi connectivity index (χ0) is 11.9. The van der Waals surface area contributed by atoms with E-state index >= 15 is 0 Å². The normalized spacial score (nSPS) is 11.9. The molecule has 0 radical (unpaired) electrons. The molecule has 84 valence electrons. The first-order valence-corrected chi connectivity index (χ1v) is 4.92. The molecule has 0 aliphatic rings. The number of fused-ring (bicyclic) bond motifs is 1. The van der Waals surface area contributed by atoms with Crippen LogP contribution in [-0.2, 0) is 5.41 Å². The monoisotopic (exact) mass is 220 g/mol. The molecule has 0 aliphatic carbocycles. The summed E-state index contributed by atoms with van der Waals surface area (Å²) in [6.07, 6.45) is 1.23. The number of hydrogen-bond acceptors (Lipinski definition) is 4. The Balaban J connectivity index is 2.76. The molecule has 0 saturated heterocycles. The van der Waals surface area contributed by atoms with Crippen LogP contribution in [0, 0.1) is 10.1 Å². The summed E-state index contributed by atoms with van der Waals surface area (Å²) >= 11 is 0. The molecular formula is C11H12N2O3. The number of nitro groups is 1. The number of oxazole rings is 1. The van der Waals surface area contributed by atoms with Crippen molar-refractivity contribution in [2.24, 2.45) is 0 Å². The second-order valence-corrected chi connectivity index (χ2v) is 4.70. The van der Waals surface area contributed by atoms with E-state index in [1.54, 1.807) is 6.07 Å². The van der Waals surface area contributed by atoms with Crippen LogP contribution in [0.25, 0.3) is 11.1 Å². The van der Waals surface area contributed by atoms with E-state index < -0.39 is 4.92 Å². The highest BCUT2D eigenvalue weighted by molar-refractivity contribution is 5.83. The molecule has 2 rings (SSSR count). The maximum absolute atomic E-state index is 10.9. The lowest BCUT2D eigenvalue weighted by molar-refractivity contribution is -0.383. The molecule has 2 aromatic rings. The molecule has 0 saturated carbocycles. The van der Waals surface area contributed by atoms with Crippen LogP contribution >= 0.6 is 0 Å². The molecular weight excluding hydrogens is 208 g/mol. The van der Waals surface area contributed by atoms with Crippen molar-refractivity contribution in [1.29, 1.82) is 0 Å². The molecule has 1 aromatic carbocycles. The van der Waals surface area contributed by atoms with E-state index in [0.717, 1.165) is 5.56 Å². The topological polar surface area (TPSA) is 69.2 Å². The van der Waals surface area contributed by atoms with E-state index in [0.29, 0.717) is 5.52 Å². The van der Waals surface area contributed by atoms with Crippen molar-refractivity contribution in [3.63, 3.8) is 0 Å². The third-order valence-electron chi connectivity index (χ3n) is 2.47. The van der Waals surface area contributed by atoms with Gasteiger partial charge in [0.2, 0.25) is 5.58 Å². The van der Waals surface area contributed by atoms with Crippen LogP contribution in [0.5, 0.6) is 0 Å². The van der Waals surface area contributed by atoms with Gasteiger partial charge in [-0.25, -0.2) is 4.98 Å². The van der Waals surface area contributed by atoms with Crippen molar-refractivity contribution >= 4 is 16.8 Å². The number of non-ortho nitro benzene ring substituents is 1. The van der Waals surface area contributed by atoms with Crippen molar-refractivity contribution in [1.82, 2.24) is 4.98 Å². The average Bonchev–Trinajstić information content (AvgIpc) is 2.61. The van der Waals surface area contributed by atoms with Crippen molar-refractivity contribution in [2.75, 3.05) is 0 Å². The van der Waals surface area contributed by atoms with Crippen LogP contribution in [0.4, 0.5) is 5.69 Å². The largest absolute Gasteiger partial charge is 0.436 e. The Hall–Kier alpha value is -1.91. The fourth-order valence-corrected chi connectivity index (χ4v) is 1.52. The summed E-state index contributed by atoms with van der Waals surface area (Å²) in [5, 5.41) is 10.9. The second kappa shape index (κ2) is 3.30. The molecule has 5 heteroatoms. The van der Waals surface area contributed by atoms with Gasteiger partial charge in [-0.15, -0.1) is 0 Å². The zero-order valence-corrected chi connectivity index (χ0v) is 9.35. The fraction of sp³-hybridized carbons (Fsp3) is 0.364. The van der Waals surface area contributed by atoms with Crippen molar-refractivity contribution in [3.8, 4) is 0 Å². The van der Waals surface area contributed by atoms with Gasteiger partial charge in [0, 0.05) is 6.07 Å². The molecule has 1 heterocycles. The molecule has 1 aromatic heterocycles. The molecule has 0 N–H and O–H groups in total. The standard InChI is InChI=1S/C11H12N2O3/c1-11(2,3)7-4-8-10(16-6-12-8)9(5-7)13(14)15/h4-6H,1-3H3. The van der Waals surface area contributed by atoms with Gasteiger partial charge >= 0.3 is 5.69 Å². The van der Waals surface area contributed by atoms with Gasteiger partial charge in [-0.2, -0.15) is 0 Å². The minimum Gasteiger partial charge on any atom is -0.436 e.